The van der Waals surface area contributed by atoms with E-state index in [0.29, 0.717) is 5.92 Å². The number of fused-ring (bicyclic) bond motifs is 1. The molecule has 0 aliphatic carbocycles. The Bertz CT molecular complexity index is 373. The molecule has 15 heavy (non-hydrogen) atoms. The highest BCUT2D eigenvalue weighted by molar-refractivity contribution is 5.62. The highest BCUT2D eigenvalue weighted by Gasteiger charge is 2.28. The zero-order chi connectivity index (χ0) is 11.0. The van der Waals surface area contributed by atoms with Crippen LogP contribution in [0.25, 0.3) is 0 Å². The van der Waals surface area contributed by atoms with Crippen molar-refractivity contribution in [1.82, 2.24) is 0 Å². The second kappa shape index (κ2) is 3.86. The number of anilines is 1. The highest BCUT2D eigenvalue weighted by atomic mass is 16.5. The molecule has 82 valence electrons. The van der Waals surface area contributed by atoms with Crippen LogP contribution in [0.4, 0.5) is 5.69 Å². The number of rotatable bonds is 1. The summed E-state index contributed by atoms with van der Waals surface area (Å²) >= 11 is 0. The van der Waals surface area contributed by atoms with Gasteiger partial charge in [-0.25, -0.2) is 0 Å². The molecule has 1 aliphatic heterocycles. The van der Waals surface area contributed by atoms with E-state index >= 15 is 0 Å². The van der Waals surface area contributed by atoms with Gasteiger partial charge in [0.2, 0.25) is 0 Å². The van der Waals surface area contributed by atoms with Crippen molar-refractivity contribution in [3.63, 3.8) is 0 Å². The van der Waals surface area contributed by atoms with E-state index in [1.807, 2.05) is 0 Å². The molecular formula is C13H19NO. The molecule has 0 fully saturated rings. The summed E-state index contributed by atoms with van der Waals surface area (Å²) in [4.78, 5) is 0. The van der Waals surface area contributed by atoms with Gasteiger partial charge in [-0.15, -0.1) is 0 Å². The standard InChI is InChI=1S/C13H19NO/c1-8-5-6-9(2)12-11(8)13(15-4)10(3)7-14-12/h5-6,10,13-14H,7H2,1-4H3. The Balaban J connectivity index is 2.56. The van der Waals surface area contributed by atoms with Crippen LogP contribution in [0.3, 0.4) is 0 Å². The van der Waals surface area contributed by atoms with Crippen molar-refractivity contribution in [2.45, 2.75) is 26.9 Å². The van der Waals surface area contributed by atoms with Crippen LogP contribution >= 0.6 is 0 Å². The van der Waals surface area contributed by atoms with Gasteiger partial charge in [0, 0.05) is 30.8 Å². The minimum absolute atomic E-state index is 0.237. The third-order valence-electron chi connectivity index (χ3n) is 3.33. The van der Waals surface area contributed by atoms with E-state index in [0.717, 1.165) is 6.54 Å². The van der Waals surface area contributed by atoms with Gasteiger partial charge in [-0.3, -0.25) is 0 Å². The maximum absolute atomic E-state index is 5.63. The van der Waals surface area contributed by atoms with E-state index in [1.54, 1.807) is 7.11 Å². The molecule has 0 spiro atoms. The van der Waals surface area contributed by atoms with Crippen LogP contribution in [0.1, 0.15) is 29.7 Å². The average molecular weight is 205 g/mol. The number of benzene rings is 1. The third kappa shape index (κ3) is 1.63. The second-order valence-corrected chi connectivity index (χ2v) is 4.50. The van der Waals surface area contributed by atoms with E-state index < -0.39 is 0 Å². The fourth-order valence-corrected chi connectivity index (χ4v) is 2.44. The minimum Gasteiger partial charge on any atom is -0.384 e. The molecule has 2 nitrogen and oxygen atoms in total. The predicted octanol–water partition coefficient (Wildman–Crippen LogP) is 3.05. The van der Waals surface area contributed by atoms with Crippen molar-refractivity contribution < 1.29 is 4.74 Å². The number of aryl methyl sites for hydroxylation is 2. The quantitative estimate of drug-likeness (QED) is 0.760. The van der Waals surface area contributed by atoms with Gasteiger partial charge < -0.3 is 10.1 Å². The molecule has 0 saturated carbocycles. The van der Waals surface area contributed by atoms with Gasteiger partial charge in [0.1, 0.15) is 0 Å². The average Bonchev–Trinajstić information content (AvgIpc) is 2.23. The molecule has 1 aliphatic rings. The van der Waals surface area contributed by atoms with Crippen LogP contribution in [0.15, 0.2) is 12.1 Å². The van der Waals surface area contributed by atoms with Crippen molar-refractivity contribution in [2.24, 2.45) is 5.92 Å². The zero-order valence-electron chi connectivity index (χ0n) is 9.92. The maximum atomic E-state index is 5.63. The van der Waals surface area contributed by atoms with Gasteiger partial charge in [-0.1, -0.05) is 19.1 Å². The molecule has 1 aromatic rings. The predicted molar refractivity (Wildman–Crippen MR) is 63.3 cm³/mol. The van der Waals surface area contributed by atoms with E-state index in [4.69, 9.17) is 4.74 Å². The first-order chi connectivity index (χ1) is 7.15. The summed E-state index contributed by atoms with van der Waals surface area (Å²) in [6, 6.07) is 4.35. The van der Waals surface area contributed by atoms with E-state index in [-0.39, 0.29) is 6.10 Å². The normalized spacial score (nSPS) is 24.5. The van der Waals surface area contributed by atoms with Crippen LogP contribution in [0.2, 0.25) is 0 Å². The van der Waals surface area contributed by atoms with Crippen molar-refractivity contribution in [3.8, 4) is 0 Å². The Morgan fingerprint density at radius 1 is 1.27 bits per heavy atom. The van der Waals surface area contributed by atoms with Crippen molar-refractivity contribution >= 4 is 5.69 Å². The molecule has 0 bridgehead atoms. The second-order valence-electron chi connectivity index (χ2n) is 4.50. The lowest BCUT2D eigenvalue weighted by Gasteiger charge is -2.33. The Morgan fingerprint density at radius 2 is 1.93 bits per heavy atom. The third-order valence-corrected chi connectivity index (χ3v) is 3.33. The number of hydrogen-bond acceptors (Lipinski definition) is 2. The van der Waals surface area contributed by atoms with Gasteiger partial charge in [0.15, 0.2) is 0 Å². The lowest BCUT2D eigenvalue weighted by atomic mass is 9.87. The van der Waals surface area contributed by atoms with Crippen molar-refractivity contribution in [2.75, 3.05) is 19.0 Å². The minimum atomic E-state index is 0.237. The van der Waals surface area contributed by atoms with Crippen molar-refractivity contribution in [1.29, 1.82) is 0 Å². The molecule has 1 heterocycles. The van der Waals surface area contributed by atoms with Crippen LogP contribution < -0.4 is 5.32 Å². The molecule has 2 atom stereocenters. The maximum Gasteiger partial charge on any atom is 0.0885 e. The summed E-state index contributed by atoms with van der Waals surface area (Å²) in [6.07, 6.45) is 0.237. The van der Waals surface area contributed by atoms with Gasteiger partial charge in [0.05, 0.1) is 6.10 Å². The van der Waals surface area contributed by atoms with Gasteiger partial charge in [-0.2, -0.15) is 0 Å². The summed E-state index contributed by atoms with van der Waals surface area (Å²) in [6.45, 7) is 7.53. The molecule has 1 aromatic carbocycles. The summed E-state index contributed by atoms with van der Waals surface area (Å²) in [5.74, 6) is 0.531. The van der Waals surface area contributed by atoms with Gasteiger partial charge >= 0.3 is 0 Å². The van der Waals surface area contributed by atoms with Crippen LogP contribution in [-0.2, 0) is 4.74 Å². The molecule has 2 heteroatoms. The zero-order valence-corrected chi connectivity index (χ0v) is 9.92. The largest absolute Gasteiger partial charge is 0.384 e. The monoisotopic (exact) mass is 205 g/mol. The Kier molecular flexibility index (Phi) is 2.70. The van der Waals surface area contributed by atoms with Crippen LogP contribution in [0, 0.1) is 19.8 Å². The van der Waals surface area contributed by atoms with Gasteiger partial charge in [-0.05, 0) is 25.0 Å². The first-order valence-corrected chi connectivity index (χ1v) is 5.52. The Morgan fingerprint density at radius 3 is 2.60 bits per heavy atom. The molecule has 2 unspecified atom stereocenters. The smallest absolute Gasteiger partial charge is 0.0885 e. The summed E-state index contributed by atoms with van der Waals surface area (Å²) in [5, 5.41) is 3.51. The summed E-state index contributed by atoms with van der Waals surface area (Å²) in [7, 11) is 1.80. The highest BCUT2D eigenvalue weighted by Crippen LogP contribution is 2.39. The first-order valence-electron chi connectivity index (χ1n) is 5.52. The molecule has 2 rings (SSSR count). The van der Waals surface area contributed by atoms with Crippen molar-refractivity contribution in [3.05, 3.63) is 28.8 Å². The molecule has 0 radical (unpaired) electrons. The number of methoxy groups -OCH3 is 1. The van der Waals surface area contributed by atoms with Gasteiger partial charge in [0.25, 0.3) is 0 Å². The summed E-state index contributed by atoms with van der Waals surface area (Å²) < 4.78 is 5.63. The molecule has 1 N–H and O–H groups in total. The molecule has 0 aromatic heterocycles. The van der Waals surface area contributed by atoms with E-state index in [2.05, 4.69) is 38.2 Å². The first kappa shape index (κ1) is 10.5. The fourth-order valence-electron chi connectivity index (χ4n) is 2.44. The Labute approximate surface area is 91.6 Å². The number of hydrogen-bond donors (Lipinski definition) is 1. The number of nitrogens with one attached hydrogen (secondary N) is 1. The SMILES string of the molecule is COC1c2c(C)ccc(C)c2NCC1C. The molecule has 0 saturated heterocycles. The number of ether oxygens (including phenoxy) is 1. The Hall–Kier alpha value is -1.02. The lowest BCUT2D eigenvalue weighted by Crippen LogP contribution is -2.28. The summed E-state index contributed by atoms with van der Waals surface area (Å²) in [5.41, 5.74) is 5.25. The lowest BCUT2D eigenvalue weighted by molar-refractivity contribution is 0.0590. The van der Waals surface area contributed by atoms with Crippen LogP contribution in [0.5, 0.6) is 0 Å². The molecule has 0 amide bonds. The molecular weight excluding hydrogens is 186 g/mol. The van der Waals surface area contributed by atoms with E-state index in [9.17, 15) is 0 Å². The van der Waals surface area contributed by atoms with Crippen LogP contribution in [-0.4, -0.2) is 13.7 Å². The fraction of sp³-hybridized carbons (Fsp3) is 0.538. The topological polar surface area (TPSA) is 21.3 Å². The van der Waals surface area contributed by atoms with E-state index in [1.165, 1.54) is 22.4 Å².